The third-order valence-corrected chi connectivity index (χ3v) is 4.53. The van der Waals surface area contributed by atoms with Crippen LogP contribution < -0.4 is 5.32 Å². The topological polar surface area (TPSA) is 46.9 Å². The van der Waals surface area contributed by atoms with Crippen LogP contribution >= 0.6 is 11.6 Å². The van der Waals surface area contributed by atoms with E-state index in [1.165, 1.54) is 11.1 Å². The molecular formula is C15H18ClN3O. The molecule has 1 unspecified atom stereocenters. The van der Waals surface area contributed by atoms with E-state index in [-0.39, 0.29) is 5.91 Å². The maximum atomic E-state index is 11.0. The first-order valence-electron chi connectivity index (χ1n) is 6.96. The van der Waals surface area contributed by atoms with Crippen LogP contribution in [0.1, 0.15) is 36.8 Å². The normalized spacial score (nSPS) is 17.4. The number of aromatic nitrogens is 2. The van der Waals surface area contributed by atoms with Gasteiger partial charge in [-0.15, -0.1) is 0 Å². The Balaban J connectivity index is 1.96. The number of hydrogen-bond acceptors (Lipinski definition) is 2. The Morgan fingerprint density at radius 2 is 2.35 bits per heavy atom. The van der Waals surface area contributed by atoms with Gasteiger partial charge in [0.25, 0.3) is 0 Å². The first-order valence-corrected chi connectivity index (χ1v) is 7.34. The molecule has 1 aliphatic rings. The molecule has 106 valence electrons. The van der Waals surface area contributed by atoms with Crippen molar-refractivity contribution in [1.82, 2.24) is 15.1 Å². The fourth-order valence-electron chi connectivity index (χ4n) is 3.19. The van der Waals surface area contributed by atoms with Gasteiger partial charge in [-0.1, -0.05) is 17.7 Å². The summed E-state index contributed by atoms with van der Waals surface area (Å²) >= 11 is 6.41. The number of fused-ring (bicyclic) bond motifs is 3. The van der Waals surface area contributed by atoms with Gasteiger partial charge >= 0.3 is 0 Å². The smallest absolute Gasteiger partial charge is 0.216 e. The highest BCUT2D eigenvalue weighted by atomic mass is 35.5. The van der Waals surface area contributed by atoms with Crippen LogP contribution in [0.15, 0.2) is 12.1 Å². The number of nitrogens with one attached hydrogen (secondary N) is 1. The molecular weight excluding hydrogens is 274 g/mol. The molecule has 4 nitrogen and oxygen atoms in total. The first kappa shape index (κ1) is 13.4. The molecule has 1 heterocycles. The number of halogens is 1. The van der Waals surface area contributed by atoms with Crippen LogP contribution in [0.25, 0.3) is 10.9 Å². The number of carbonyl (C=O) groups is 1. The number of benzene rings is 1. The number of rotatable bonds is 3. The first-order chi connectivity index (χ1) is 9.58. The predicted molar refractivity (Wildman–Crippen MR) is 80.1 cm³/mol. The van der Waals surface area contributed by atoms with E-state index in [0.29, 0.717) is 17.6 Å². The lowest BCUT2D eigenvalue weighted by molar-refractivity contribution is -0.118. The Hall–Kier alpha value is -1.55. The van der Waals surface area contributed by atoms with E-state index < -0.39 is 0 Å². The van der Waals surface area contributed by atoms with Crippen LogP contribution in [0.2, 0.25) is 5.15 Å². The summed E-state index contributed by atoms with van der Waals surface area (Å²) in [5, 5.41) is 9.13. The lowest BCUT2D eigenvalue weighted by atomic mass is 9.95. The molecule has 0 saturated carbocycles. The highest BCUT2D eigenvalue weighted by Gasteiger charge is 2.27. The van der Waals surface area contributed by atoms with Crippen LogP contribution in [0, 0.1) is 0 Å². The molecule has 3 rings (SSSR count). The molecule has 0 radical (unpaired) electrons. The molecule has 0 bridgehead atoms. The molecule has 1 aromatic carbocycles. The van der Waals surface area contributed by atoms with Gasteiger partial charge in [0.2, 0.25) is 5.91 Å². The quantitative estimate of drug-likeness (QED) is 0.945. The number of amides is 1. The van der Waals surface area contributed by atoms with Crippen LogP contribution in [0.5, 0.6) is 0 Å². The van der Waals surface area contributed by atoms with E-state index in [9.17, 15) is 4.79 Å². The minimum Gasteiger partial charge on any atom is -0.356 e. The van der Waals surface area contributed by atoms with Gasteiger partial charge in [-0.05, 0) is 42.4 Å². The van der Waals surface area contributed by atoms with Crippen LogP contribution in [0.3, 0.4) is 0 Å². The van der Waals surface area contributed by atoms with E-state index in [2.05, 4.69) is 22.5 Å². The molecule has 1 atom stereocenters. The van der Waals surface area contributed by atoms with Gasteiger partial charge in [0.05, 0.1) is 5.52 Å². The highest BCUT2D eigenvalue weighted by molar-refractivity contribution is 6.34. The summed E-state index contributed by atoms with van der Waals surface area (Å²) in [5.41, 5.74) is 3.67. The van der Waals surface area contributed by atoms with Crippen LogP contribution in [-0.2, 0) is 18.3 Å². The van der Waals surface area contributed by atoms with Crippen molar-refractivity contribution in [3.05, 3.63) is 28.4 Å². The van der Waals surface area contributed by atoms with Gasteiger partial charge in [0.1, 0.15) is 5.15 Å². The summed E-state index contributed by atoms with van der Waals surface area (Å²) in [5.74, 6) is 0.489. The Labute approximate surface area is 123 Å². The zero-order chi connectivity index (χ0) is 14.3. The maximum Gasteiger partial charge on any atom is 0.216 e. The standard InChI is InChI=1S/C15H18ClN3O/c1-9(20)17-8-7-11-4-3-10-5-6-12-14(13(10)11)15(16)19(2)18-12/h5-6,11H,3-4,7-8H2,1-2H3,(H,17,20). The SMILES string of the molecule is CC(=O)NCCC1CCc2ccc3nn(C)c(Cl)c3c21. The summed E-state index contributed by atoms with van der Waals surface area (Å²) in [4.78, 5) is 11.0. The van der Waals surface area contributed by atoms with Gasteiger partial charge in [0.15, 0.2) is 0 Å². The van der Waals surface area contributed by atoms with Crippen molar-refractivity contribution in [2.45, 2.75) is 32.1 Å². The summed E-state index contributed by atoms with van der Waals surface area (Å²) < 4.78 is 1.73. The molecule has 0 spiro atoms. The van der Waals surface area contributed by atoms with Crippen molar-refractivity contribution in [2.75, 3.05) is 6.54 Å². The van der Waals surface area contributed by atoms with Crippen molar-refractivity contribution in [1.29, 1.82) is 0 Å². The molecule has 1 amide bonds. The van der Waals surface area contributed by atoms with Gasteiger partial charge in [-0.3, -0.25) is 9.48 Å². The second-order valence-corrected chi connectivity index (χ2v) is 5.81. The van der Waals surface area contributed by atoms with E-state index in [1.54, 1.807) is 11.6 Å². The molecule has 2 aromatic rings. The lowest BCUT2D eigenvalue weighted by Crippen LogP contribution is -2.22. The Bertz CT molecular complexity index is 677. The average Bonchev–Trinajstić information content (AvgIpc) is 2.92. The largest absolute Gasteiger partial charge is 0.356 e. The van der Waals surface area contributed by atoms with Crippen molar-refractivity contribution in [3.8, 4) is 0 Å². The van der Waals surface area contributed by atoms with E-state index >= 15 is 0 Å². The van der Waals surface area contributed by atoms with E-state index in [1.807, 2.05) is 7.05 Å². The van der Waals surface area contributed by atoms with Gasteiger partial charge in [0, 0.05) is 25.9 Å². The number of aryl methyl sites for hydroxylation is 2. The Morgan fingerprint density at radius 3 is 3.10 bits per heavy atom. The Kier molecular flexibility index (Phi) is 3.42. The summed E-state index contributed by atoms with van der Waals surface area (Å²) in [6, 6.07) is 4.22. The van der Waals surface area contributed by atoms with Gasteiger partial charge in [-0.2, -0.15) is 5.10 Å². The zero-order valence-electron chi connectivity index (χ0n) is 11.7. The van der Waals surface area contributed by atoms with Gasteiger partial charge in [-0.25, -0.2) is 0 Å². The minimum atomic E-state index is 0.0286. The monoisotopic (exact) mass is 291 g/mol. The van der Waals surface area contributed by atoms with E-state index in [4.69, 9.17) is 11.6 Å². The number of carbonyl (C=O) groups excluding carboxylic acids is 1. The molecule has 0 fully saturated rings. The second kappa shape index (κ2) is 5.09. The molecule has 5 heteroatoms. The van der Waals surface area contributed by atoms with Crippen molar-refractivity contribution in [3.63, 3.8) is 0 Å². The molecule has 20 heavy (non-hydrogen) atoms. The van der Waals surface area contributed by atoms with Crippen LogP contribution in [0.4, 0.5) is 0 Å². The summed E-state index contributed by atoms with van der Waals surface area (Å²) in [6.45, 7) is 2.27. The van der Waals surface area contributed by atoms with Crippen molar-refractivity contribution in [2.24, 2.45) is 7.05 Å². The van der Waals surface area contributed by atoms with Crippen molar-refractivity contribution < 1.29 is 4.79 Å². The fourth-order valence-corrected chi connectivity index (χ4v) is 3.42. The number of nitrogens with zero attached hydrogens (tertiary/aromatic N) is 2. The second-order valence-electron chi connectivity index (χ2n) is 5.45. The third-order valence-electron chi connectivity index (χ3n) is 4.10. The Morgan fingerprint density at radius 1 is 1.55 bits per heavy atom. The zero-order valence-corrected chi connectivity index (χ0v) is 12.5. The molecule has 0 saturated heterocycles. The molecule has 0 aliphatic heterocycles. The minimum absolute atomic E-state index is 0.0286. The maximum absolute atomic E-state index is 11.0. The predicted octanol–water partition coefficient (Wildman–Crippen LogP) is 2.78. The number of hydrogen-bond donors (Lipinski definition) is 1. The average molecular weight is 292 g/mol. The molecule has 1 aromatic heterocycles. The van der Waals surface area contributed by atoms with E-state index in [0.717, 1.165) is 30.2 Å². The lowest BCUT2D eigenvalue weighted by Gasteiger charge is -2.13. The molecule has 1 aliphatic carbocycles. The van der Waals surface area contributed by atoms with Crippen LogP contribution in [-0.4, -0.2) is 22.2 Å². The fraction of sp³-hybridized carbons (Fsp3) is 0.467. The van der Waals surface area contributed by atoms with Gasteiger partial charge < -0.3 is 5.32 Å². The summed E-state index contributed by atoms with van der Waals surface area (Å²) in [7, 11) is 1.87. The van der Waals surface area contributed by atoms with Crippen molar-refractivity contribution >= 4 is 28.4 Å². The third kappa shape index (κ3) is 2.18. The summed E-state index contributed by atoms with van der Waals surface area (Å²) in [6.07, 6.45) is 3.16. The molecule has 1 N–H and O–H groups in total. The highest BCUT2D eigenvalue weighted by Crippen LogP contribution is 2.42.